The monoisotopic (exact) mass is 644 g/mol. The van der Waals surface area contributed by atoms with Gasteiger partial charge in [0, 0.05) is 40.7 Å². The summed E-state index contributed by atoms with van der Waals surface area (Å²) in [5.41, 5.74) is -0.928. The molecule has 14 nitrogen and oxygen atoms in total. The van der Waals surface area contributed by atoms with E-state index < -0.39 is 72.6 Å². The van der Waals surface area contributed by atoms with Crippen molar-refractivity contribution in [2.45, 2.75) is 85.1 Å². The van der Waals surface area contributed by atoms with Crippen molar-refractivity contribution in [2.24, 2.45) is 0 Å². The van der Waals surface area contributed by atoms with Gasteiger partial charge in [0.25, 0.3) is 5.75 Å². The highest BCUT2D eigenvalue weighted by atomic mass is 16.7. The third-order valence-corrected chi connectivity index (χ3v) is 6.18. The van der Waals surface area contributed by atoms with Gasteiger partial charge in [-0.25, -0.2) is 4.79 Å². The number of ether oxygens (including phenoxy) is 8. The maximum Gasteiger partial charge on any atom is 0.384 e. The molecule has 2 heterocycles. The second-order valence-electron chi connectivity index (χ2n) is 9.86. The number of fused-ring (bicyclic) bond motifs is 1. The summed E-state index contributed by atoms with van der Waals surface area (Å²) in [4.78, 5) is 61.3. The molecule has 46 heavy (non-hydrogen) atoms. The summed E-state index contributed by atoms with van der Waals surface area (Å²) in [5.74, 6) is -0.922. The van der Waals surface area contributed by atoms with Gasteiger partial charge in [0.1, 0.15) is 30.1 Å². The van der Waals surface area contributed by atoms with E-state index in [4.69, 9.17) is 42.3 Å². The zero-order chi connectivity index (χ0) is 33.8. The van der Waals surface area contributed by atoms with Crippen molar-refractivity contribution in [3.63, 3.8) is 0 Å². The molecule has 0 radical (unpaired) electrons. The smallest absolute Gasteiger partial charge is 0.384 e. The topological polar surface area (TPSA) is 172 Å². The fourth-order valence-corrected chi connectivity index (χ4v) is 4.46. The van der Waals surface area contributed by atoms with Crippen molar-refractivity contribution >= 4 is 34.8 Å². The van der Waals surface area contributed by atoms with Gasteiger partial charge in [-0.05, 0) is 25.0 Å². The molecule has 248 valence electrons. The van der Waals surface area contributed by atoms with Crippen LogP contribution in [-0.4, -0.2) is 67.8 Å². The molecule has 1 aliphatic rings. The van der Waals surface area contributed by atoms with E-state index in [1.165, 1.54) is 13.0 Å². The van der Waals surface area contributed by atoms with Gasteiger partial charge in [-0.3, -0.25) is 19.2 Å². The van der Waals surface area contributed by atoms with Crippen molar-refractivity contribution in [3.05, 3.63) is 40.8 Å². The Morgan fingerprint density at radius 3 is 2.20 bits per heavy atom. The summed E-state index contributed by atoms with van der Waals surface area (Å²) in [7, 11) is 0. The number of carbonyl (C=O) groups is 4. The second kappa shape index (κ2) is 16.9. The molecule has 0 saturated carbocycles. The number of hydrogen-bond donors (Lipinski definition) is 0. The molecule has 0 bridgehead atoms. The van der Waals surface area contributed by atoms with E-state index in [1.54, 1.807) is 12.1 Å². The molecule has 0 amide bonds. The molecule has 14 heteroatoms. The maximum absolute atomic E-state index is 13.1. The first-order chi connectivity index (χ1) is 21.9. The Labute approximate surface area is 264 Å². The summed E-state index contributed by atoms with van der Waals surface area (Å²) in [6.07, 6.45) is 0.470. The second-order valence-corrected chi connectivity index (χ2v) is 9.86. The Morgan fingerprint density at radius 2 is 1.57 bits per heavy atom. The fraction of sp³-hybridized carbons (Fsp3) is 0.469. The zero-order valence-corrected chi connectivity index (χ0v) is 26.3. The molecule has 2 aromatic rings. The predicted octanol–water partition coefficient (Wildman–Crippen LogP) is 3.35. The number of hydrogen-bond acceptors (Lipinski definition) is 14. The highest BCUT2D eigenvalue weighted by Crippen LogP contribution is 2.38. The largest absolute Gasteiger partial charge is 0.493 e. The zero-order valence-electron chi connectivity index (χ0n) is 26.3. The van der Waals surface area contributed by atoms with Crippen LogP contribution in [0.4, 0.5) is 0 Å². The molecule has 0 aliphatic carbocycles. The molecule has 5 atom stereocenters. The lowest BCUT2D eigenvalue weighted by Gasteiger charge is -2.43. The average molecular weight is 645 g/mol. The van der Waals surface area contributed by atoms with Gasteiger partial charge < -0.3 is 42.3 Å². The summed E-state index contributed by atoms with van der Waals surface area (Å²) < 4.78 is 50.3. The minimum absolute atomic E-state index is 0.0454. The molecule has 1 fully saturated rings. The molecular formula is C32H36O14. The molecule has 1 saturated heterocycles. The van der Waals surface area contributed by atoms with Gasteiger partial charge in [-0.2, -0.15) is 0 Å². The Bertz CT molecular complexity index is 1560. The first kappa shape index (κ1) is 35.4. The summed E-state index contributed by atoms with van der Waals surface area (Å²) in [6.45, 7) is 7.82. The van der Waals surface area contributed by atoms with Gasteiger partial charge in [0.2, 0.25) is 12.4 Å². The summed E-state index contributed by atoms with van der Waals surface area (Å²) in [5, 5.41) is 0.207. The van der Waals surface area contributed by atoms with E-state index in [1.807, 2.05) is 19.1 Å². The Morgan fingerprint density at radius 1 is 0.891 bits per heavy atom. The lowest BCUT2D eigenvalue weighted by atomic mass is 9.98. The van der Waals surface area contributed by atoms with Crippen LogP contribution < -0.4 is 19.8 Å². The standard InChI is InChI=1S/C32H36O14/c1-7-9-10-11-15-38-22-12-13-23-24(16-22)44-31(37)29(39-14-8-2)26(23)46-32-30(43-21(6)36)28(42-20(5)35)27(41-19(4)34)25(45-32)17-40-18(3)33/h9-10,12-13,16,25,27-28,30,32H,7,11,15,17H2,1-6H3/b10-9+/t25-,27-,28+,30-,32+/m1/s1. The summed E-state index contributed by atoms with van der Waals surface area (Å²) >= 11 is 0. The van der Waals surface area contributed by atoms with E-state index in [2.05, 4.69) is 12.0 Å². The van der Waals surface area contributed by atoms with Gasteiger partial charge in [0.05, 0.1) is 12.0 Å². The van der Waals surface area contributed by atoms with E-state index in [9.17, 15) is 24.0 Å². The van der Waals surface area contributed by atoms with Crippen LogP contribution in [0.5, 0.6) is 17.2 Å². The average Bonchev–Trinajstić information content (AvgIpc) is 2.97. The van der Waals surface area contributed by atoms with Crippen molar-refractivity contribution in [1.29, 1.82) is 0 Å². The maximum atomic E-state index is 13.1. The van der Waals surface area contributed by atoms with E-state index in [-0.39, 0.29) is 16.7 Å². The van der Waals surface area contributed by atoms with Crippen LogP contribution in [0.15, 0.2) is 39.6 Å². The van der Waals surface area contributed by atoms with Crippen molar-refractivity contribution < 1.29 is 61.5 Å². The quantitative estimate of drug-likeness (QED) is 0.0776. The Hall–Kier alpha value is -5.03. The number of esters is 4. The van der Waals surface area contributed by atoms with Crippen LogP contribution in [-0.2, 0) is 42.9 Å². The van der Waals surface area contributed by atoms with Crippen molar-refractivity contribution in [3.8, 4) is 29.3 Å². The third-order valence-electron chi connectivity index (χ3n) is 6.18. The highest BCUT2D eigenvalue weighted by molar-refractivity contribution is 5.86. The van der Waals surface area contributed by atoms with Crippen molar-refractivity contribution in [2.75, 3.05) is 13.2 Å². The molecule has 0 N–H and O–H groups in total. The lowest BCUT2D eigenvalue weighted by Crippen LogP contribution is -2.63. The minimum Gasteiger partial charge on any atom is -0.493 e. The molecule has 1 aliphatic heterocycles. The fourth-order valence-electron chi connectivity index (χ4n) is 4.46. The number of benzene rings is 1. The molecule has 1 aromatic heterocycles. The van der Waals surface area contributed by atoms with Crippen LogP contribution in [0, 0.1) is 12.0 Å². The minimum atomic E-state index is -1.65. The van der Waals surface area contributed by atoms with E-state index in [0.717, 1.165) is 34.1 Å². The van der Waals surface area contributed by atoms with Gasteiger partial charge in [0.15, 0.2) is 18.0 Å². The predicted molar refractivity (Wildman–Crippen MR) is 159 cm³/mol. The normalized spacial score (nSPS) is 20.6. The van der Waals surface area contributed by atoms with Crippen LogP contribution in [0.25, 0.3) is 11.0 Å². The highest BCUT2D eigenvalue weighted by Gasteiger charge is 2.53. The van der Waals surface area contributed by atoms with E-state index in [0.29, 0.717) is 18.8 Å². The van der Waals surface area contributed by atoms with Crippen LogP contribution >= 0.6 is 0 Å². The summed E-state index contributed by atoms with van der Waals surface area (Å²) in [6, 6.07) is 4.64. The number of carbonyl (C=O) groups excluding carboxylic acids is 4. The first-order valence-corrected chi connectivity index (χ1v) is 14.4. The molecular weight excluding hydrogens is 608 g/mol. The Balaban J connectivity index is 2.14. The van der Waals surface area contributed by atoms with E-state index >= 15 is 0 Å². The number of allylic oxidation sites excluding steroid dienone is 1. The van der Waals surface area contributed by atoms with Crippen LogP contribution in [0.3, 0.4) is 0 Å². The van der Waals surface area contributed by atoms with Crippen LogP contribution in [0.2, 0.25) is 0 Å². The Kier molecular flexibility index (Phi) is 13.0. The molecule has 3 rings (SSSR count). The van der Waals surface area contributed by atoms with Gasteiger partial charge in [-0.1, -0.05) is 25.0 Å². The SMILES string of the molecule is CC#COc1c(O[C@@H]2O[C@H](COC(C)=O)[C@@H](OC(C)=O)[C@H](OC(C)=O)[C@H]2OC(C)=O)c2ccc(OCC/C=C/CC)cc2oc1=O. The van der Waals surface area contributed by atoms with Crippen LogP contribution in [0.1, 0.15) is 54.4 Å². The lowest BCUT2D eigenvalue weighted by molar-refractivity contribution is -0.288. The molecule has 0 spiro atoms. The number of rotatable bonds is 13. The van der Waals surface area contributed by atoms with Crippen molar-refractivity contribution in [1.82, 2.24) is 0 Å². The first-order valence-electron chi connectivity index (χ1n) is 14.4. The molecule has 1 aromatic carbocycles. The van der Waals surface area contributed by atoms with Gasteiger partial charge in [-0.15, -0.1) is 0 Å². The third kappa shape index (κ3) is 9.73. The molecule has 0 unspecified atom stereocenters. The van der Waals surface area contributed by atoms with Gasteiger partial charge >= 0.3 is 29.5 Å².